The SMILES string of the molecule is COC(=O)N(CCc1cccc(Cl)c1)Cc1ccccc1. The first-order valence-corrected chi connectivity index (χ1v) is 7.18. The summed E-state index contributed by atoms with van der Waals surface area (Å²) in [7, 11) is 1.40. The predicted octanol–water partition coefficient (Wildman–Crippen LogP) is 4.15. The van der Waals surface area contributed by atoms with Gasteiger partial charge in [0.15, 0.2) is 0 Å². The van der Waals surface area contributed by atoms with Crippen molar-refractivity contribution in [1.82, 2.24) is 4.90 Å². The number of hydrogen-bond acceptors (Lipinski definition) is 2. The molecule has 110 valence electrons. The van der Waals surface area contributed by atoms with Crippen molar-refractivity contribution in [3.05, 3.63) is 70.7 Å². The van der Waals surface area contributed by atoms with Gasteiger partial charge in [-0.2, -0.15) is 0 Å². The lowest BCUT2D eigenvalue weighted by atomic mass is 10.1. The molecule has 0 bridgehead atoms. The van der Waals surface area contributed by atoms with Crippen LogP contribution in [0.4, 0.5) is 4.79 Å². The van der Waals surface area contributed by atoms with Crippen molar-refractivity contribution in [3.63, 3.8) is 0 Å². The molecule has 0 aliphatic carbocycles. The van der Waals surface area contributed by atoms with Gasteiger partial charge in [-0.25, -0.2) is 4.79 Å². The number of carbonyl (C=O) groups excluding carboxylic acids is 1. The highest BCUT2D eigenvalue weighted by atomic mass is 35.5. The number of methoxy groups -OCH3 is 1. The van der Waals surface area contributed by atoms with Crippen LogP contribution in [0.15, 0.2) is 54.6 Å². The van der Waals surface area contributed by atoms with Gasteiger partial charge in [-0.15, -0.1) is 0 Å². The molecule has 0 aliphatic heterocycles. The van der Waals surface area contributed by atoms with Crippen LogP contribution in [0.1, 0.15) is 11.1 Å². The Bertz CT molecular complexity index is 586. The molecule has 0 aromatic heterocycles. The average Bonchev–Trinajstić information content (AvgIpc) is 2.51. The second kappa shape index (κ2) is 7.70. The van der Waals surface area contributed by atoms with E-state index in [1.165, 1.54) is 7.11 Å². The molecule has 0 aliphatic rings. The summed E-state index contributed by atoms with van der Waals surface area (Å²) in [6.07, 6.45) is 0.420. The van der Waals surface area contributed by atoms with Crippen molar-refractivity contribution in [3.8, 4) is 0 Å². The van der Waals surface area contributed by atoms with Crippen LogP contribution in [0.25, 0.3) is 0 Å². The first kappa shape index (κ1) is 15.4. The molecule has 3 nitrogen and oxygen atoms in total. The molecule has 0 N–H and O–H groups in total. The molecule has 21 heavy (non-hydrogen) atoms. The van der Waals surface area contributed by atoms with Crippen molar-refractivity contribution >= 4 is 17.7 Å². The molecule has 0 fully saturated rings. The first-order valence-electron chi connectivity index (χ1n) is 6.80. The van der Waals surface area contributed by atoms with Gasteiger partial charge in [-0.1, -0.05) is 54.1 Å². The van der Waals surface area contributed by atoms with Gasteiger partial charge < -0.3 is 9.64 Å². The normalized spacial score (nSPS) is 10.2. The molecular weight excluding hydrogens is 286 g/mol. The van der Waals surface area contributed by atoms with Gasteiger partial charge in [0.2, 0.25) is 0 Å². The van der Waals surface area contributed by atoms with Crippen molar-refractivity contribution in [1.29, 1.82) is 0 Å². The van der Waals surface area contributed by atoms with Crippen molar-refractivity contribution in [2.45, 2.75) is 13.0 Å². The van der Waals surface area contributed by atoms with Gasteiger partial charge in [0, 0.05) is 18.1 Å². The highest BCUT2D eigenvalue weighted by molar-refractivity contribution is 6.30. The third kappa shape index (κ3) is 4.80. The summed E-state index contributed by atoms with van der Waals surface area (Å²) in [4.78, 5) is 13.6. The lowest BCUT2D eigenvalue weighted by Gasteiger charge is -2.21. The molecule has 2 aromatic rings. The van der Waals surface area contributed by atoms with Crippen LogP contribution in [-0.4, -0.2) is 24.6 Å². The minimum atomic E-state index is -0.319. The standard InChI is InChI=1S/C17H18ClNO2/c1-21-17(20)19(13-15-6-3-2-4-7-15)11-10-14-8-5-9-16(18)12-14/h2-9,12H,10-11,13H2,1H3. The molecule has 0 saturated heterocycles. The summed E-state index contributed by atoms with van der Waals surface area (Å²) in [5.41, 5.74) is 2.18. The fourth-order valence-electron chi connectivity index (χ4n) is 2.12. The zero-order valence-electron chi connectivity index (χ0n) is 12.0. The van der Waals surface area contributed by atoms with E-state index >= 15 is 0 Å². The highest BCUT2D eigenvalue weighted by Crippen LogP contribution is 2.13. The maximum Gasteiger partial charge on any atom is 0.409 e. The molecule has 0 heterocycles. The Morgan fingerprint density at radius 3 is 2.48 bits per heavy atom. The number of amides is 1. The van der Waals surface area contributed by atoms with Crippen LogP contribution in [-0.2, 0) is 17.7 Å². The monoisotopic (exact) mass is 303 g/mol. The van der Waals surface area contributed by atoms with E-state index in [0.717, 1.165) is 17.5 Å². The maximum atomic E-state index is 11.9. The van der Waals surface area contributed by atoms with Gasteiger partial charge in [0.1, 0.15) is 0 Å². The molecule has 0 radical (unpaired) electrons. The van der Waals surface area contributed by atoms with Crippen LogP contribution >= 0.6 is 11.6 Å². The number of ether oxygens (including phenoxy) is 1. The van der Waals surface area contributed by atoms with Gasteiger partial charge >= 0.3 is 6.09 Å². The highest BCUT2D eigenvalue weighted by Gasteiger charge is 2.14. The molecule has 0 atom stereocenters. The van der Waals surface area contributed by atoms with Gasteiger partial charge in [-0.05, 0) is 29.7 Å². The Hall–Kier alpha value is -2.00. The molecule has 0 spiro atoms. The molecule has 1 amide bonds. The van der Waals surface area contributed by atoms with E-state index in [-0.39, 0.29) is 6.09 Å². The van der Waals surface area contributed by atoms with Crippen molar-refractivity contribution in [2.75, 3.05) is 13.7 Å². The zero-order valence-corrected chi connectivity index (χ0v) is 12.7. The Morgan fingerprint density at radius 1 is 1.10 bits per heavy atom. The second-order valence-corrected chi connectivity index (χ2v) is 5.19. The predicted molar refractivity (Wildman–Crippen MR) is 84.4 cm³/mol. The van der Waals surface area contributed by atoms with Crippen molar-refractivity contribution in [2.24, 2.45) is 0 Å². The maximum absolute atomic E-state index is 11.9. The number of rotatable bonds is 5. The Kier molecular flexibility index (Phi) is 5.64. The van der Waals surface area contributed by atoms with Crippen LogP contribution in [0.5, 0.6) is 0 Å². The molecular formula is C17H18ClNO2. The minimum Gasteiger partial charge on any atom is -0.453 e. The first-order chi connectivity index (χ1) is 10.2. The summed E-state index contributed by atoms with van der Waals surface area (Å²) in [6, 6.07) is 17.5. The van der Waals surface area contributed by atoms with E-state index in [0.29, 0.717) is 18.1 Å². The number of hydrogen-bond donors (Lipinski definition) is 0. The van der Waals surface area contributed by atoms with Gasteiger partial charge in [-0.3, -0.25) is 0 Å². The number of carbonyl (C=O) groups is 1. The Morgan fingerprint density at radius 2 is 1.81 bits per heavy atom. The third-order valence-corrected chi connectivity index (χ3v) is 3.44. The number of benzene rings is 2. The van der Waals surface area contributed by atoms with E-state index in [9.17, 15) is 4.79 Å². The zero-order chi connectivity index (χ0) is 15.1. The Labute approximate surface area is 130 Å². The topological polar surface area (TPSA) is 29.5 Å². The third-order valence-electron chi connectivity index (χ3n) is 3.21. The fraction of sp³-hybridized carbons (Fsp3) is 0.235. The molecule has 2 aromatic carbocycles. The molecule has 0 unspecified atom stereocenters. The second-order valence-electron chi connectivity index (χ2n) is 4.76. The largest absolute Gasteiger partial charge is 0.453 e. The van der Waals surface area contributed by atoms with E-state index in [2.05, 4.69) is 0 Å². The fourth-order valence-corrected chi connectivity index (χ4v) is 2.34. The molecule has 0 saturated carbocycles. The van der Waals surface area contributed by atoms with Crippen LogP contribution in [0.3, 0.4) is 0 Å². The van der Waals surface area contributed by atoms with E-state index < -0.39 is 0 Å². The van der Waals surface area contributed by atoms with Crippen LogP contribution in [0, 0.1) is 0 Å². The lowest BCUT2D eigenvalue weighted by molar-refractivity contribution is 0.121. The molecule has 4 heteroatoms. The quantitative estimate of drug-likeness (QED) is 0.830. The number of halogens is 1. The summed E-state index contributed by atoms with van der Waals surface area (Å²) < 4.78 is 4.86. The molecule has 2 rings (SSSR count). The minimum absolute atomic E-state index is 0.319. The summed E-state index contributed by atoms with van der Waals surface area (Å²) in [5.74, 6) is 0. The van der Waals surface area contributed by atoms with Crippen molar-refractivity contribution < 1.29 is 9.53 Å². The van der Waals surface area contributed by atoms with E-state index in [1.54, 1.807) is 4.90 Å². The Balaban J connectivity index is 2.01. The lowest BCUT2D eigenvalue weighted by Crippen LogP contribution is -2.32. The van der Waals surface area contributed by atoms with E-state index in [4.69, 9.17) is 16.3 Å². The number of nitrogens with zero attached hydrogens (tertiary/aromatic N) is 1. The summed E-state index contributed by atoms with van der Waals surface area (Å²) in [5, 5.41) is 0.708. The summed E-state index contributed by atoms with van der Waals surface area (Å²) >= 11 is 5.97. The van der Waals surface area contributed by atoms with Crippen LogP contribution in [0.2, 0.25) is 5.02 Å². The smallest absolute Gasteiger partial charge is 0.409 e. The average molecular weight is 304 g/mol. The van der Waals surface area contributed by atoms with Crippen LogP contribution < -0.4 is 0 Å². The van der Waals surface area contributed by atoms with Gasteiger partial charge in [0.05, 0.1) is 7.11 Å². The van der Waals surface area contributed by atoms with E-state index in [1.807, 2.05) is 54.6 Å². The summed E-state index contributed by atoms with van der Waals surface area (Å²) in [6.45, 7) is 1.12. The van der Waals surface area contributed by atoms with Gasteiger partial charge in [0.25, 0.3) is 0 Å².